The van der Waals surface area contributed by atoms with Crippen molar-refractivity contribution in [2.24, 2.45) is 0 Å². The second-order valence-electron chi connectivity index (χ2n) is 9.37. The summed E-state index contributed by atoms with van der Waals surface area (Å²) in [4.78, 5) is 39.3. The van der Waals surface area contributed by atoms with Crippen molar-refractivity contribution >= 4 is 23.6 Å². The van der Waals surface area contributed by atoms with Crippen LogP contribution >= 0.6 is 0 Å². The van der Waals surface area contributed by atoms with Crippen LogP contribution in [0.4, 0.5) is 16.4 Å². The minimum atomic E-state index is -0.955. The molecule has 0 bridgehead atoms. The molecule has 4 rings (SSSR count). The van der Waals surface area contributed by atoms with Crippen molar-refractivity contribution < 1.29 is 14.7 Å². The number of aromatic nitrogens is 2. The Kier molecular flexibility index (Phi) is 6.54. The predicted molar refractivity (Wildman–Crippen MR) is 129 cm³/mol. The fourth-order valence-corrected chi connectivity index (χ4v) is 5.20. The lowest BCUT2D eigenvalue weighted by Crippen LogP contribution is -2.48. The maximum Gasteiger partial charge on any atom is 0.408 e. The number of nitrogens with zero attached hydrogens (tertiary/aromatic N) is 5. The van der Waals surface area contributed by atoms with Crippen molar-refractivity contribution in [3.05, 3.63) is 36.2 Å². The fourth-order valence-electron chi connectivity index (χ4n) is 5.20. The summed E-state index contributed by atoms with van der Waals surface area (Å²) >= 11 is 0. The van der Waals surface area contributed by atoms with E-state index < -0.39 is 6.09 Å². The van der Waals surface area contributed by atoms with Crippen LogP contribution in [0.3, 0.4) is 0 Å². The lowest BCUT2D eigenvalue weighted by atomic mass is 9.88. The molecule has 1 saturated heterocycles. The third kappa shape index (κ3) is 4.51. The molecule has 2 aliphatic heterocycles. The van der Waals surface area contributed by atoms with Crippen molar-refractivity contribution in [2.45, 2.75) is 71.5 Å². The largest absolute Gasteiger partial charge is 0.465 e. The Hall–Kier alpha value is -3.16. The number of amides is 2. The van der Waals surface area contributed by atoms with E-state index in [-0.39, 0.29) is 24.0 Å². The molecule has 0 radical (unpaired) electrons. The van der Waals surface area contributed by atoms with Crippen molar-refractivity contribution in [2.75, 3.05) is 22.9 Å². The summed E-state index contributed by atoms with van der Waals surface area (Å²) in [6.07, 6.45) is 6.84. The molecular weight excluding hydrogens is 418 g/mol. The summed E-state index contributed by atoms with van der Waals surface area (Å²) in [5.41, 5.74) is 3.40. The van der Waals surface area contributed by atoms with Crippen LogP contribution in [0, 0.1) is 0 Å². The van der Waals surface area contributed by atoms with Crippen LogP contribution in [0.2, 0.25) is 0 Å². The van der Waals surface area contributed by atoms with Gasteiger partial charge >= 0.3 is 6.09 Å². The Morgan fingerprint density at radius 2 is 1.76 bits per heavy atom. The molecule has 33 heavy (non-hydrogen) atoms. The van der Waals surface area contributed by atoms with Gasteiger partial charge in [0.15, 0.2) is 0 Å². The first-order chi connectivity index (χ1) is 15.8. The Bertz CT molecular complexity index is 1020. The van der Waals surface area contributed by atoms with Crippen LogP contribution < -0.4 is 9.80 Å². The van der Waals surface area contributed by atoms with Gasteiger partial charge in [0.25, 0.3) is 0 Å². The van der Waals surface area contributed by atoms with E-state index >= 15 is 0 Å². The highest BCUT2D eigenvalue weighted by Crippen LogP contribution is 2.43. The predicted octanol–water partition coefficient (Wildman–Crippen LogP) is 4.71. The summed E-state index contributed by atoms with van der Waals surface area (Å²) in [7, 11) is 0. The summed E-state index contributed by atoms with van der Waals surface area (Å²) in [6, 6.07) is 5.26. The van der Waals surface area contributed by atoms with Gasteiger partial charge in [-0.2, -0.15) is 0 Å². The molecule has 1 fully saturated rings. The molecule has 0 spiro atoms. The summed E-state index contributed by atoms with van der Waals surface area (Å²) in [5, 5.41) is 9.94. The van der Waals surface area contributed by atoms with Crippen molar-refractivity contribution in [3.8, 4) is 11.1 Å². The number of piperidine rings is 1. The minimum absolute atomic E-state index is 0.0458. The first-order valence-electron chi connectivity index (χ1n) is 11.8. The van der Waals surface area contributed by atoms with E-state index in [1.54, 1.807) is 11.8 Å². The number of carboxylic acid groups (broad SMARTS) is 1. The van der Waals surface area contributed by atoms with E-state index in [0.717, 1.165) is 41.4 Å². The number of carbonyl (C=O) groups is 2. The number of hydrogen-bond donors (Lipinski definition) is 1. The van der Waals surface area contributed by atoms with E-state index in [1.807, 2.05) is 51.4 Å². The molecule has 2 amide bonds. The maximum absolute atomic E-state index is 12.4. The number of benzene rings is 1. The van der Waals surface area contributed by atoms with Gasteiger partial charge in [0.2, 0.25) is 11.9 Å². The Morgan fingerprint density at radius 3 is 2.33 bits per heavy atom. The number of anilines is 2. The fraction of sp³-hybridized carbons (Fsp3) is 0.520. The third-order valence-corrected chi connectivity index (χ3v) is 6.71. The molecule has 0 aliphatic carbocycles. The first-order valence-corrected chi connectivity index (χ1v) is 11.8. The number of fused-ring (bicyclic) bond motifs is 1. The summed E-state index contributed by atoms with van der Waals surface area (Å²) in [6.45, 7) is 9.26. The number of carbonyl (C=O) groups excluding carboxylic acids is 1. The van der Waals surface area contributed by atoms with E-state index in [1.165, 1.54) is 24.2 Å². The number of rotatable bonds is 4. The molecule has 2 aromatic rings. The third-order valence-electron chi connectivity index (χ3n) is 6.71. The Labute approximate surface area is 195 Å². The van der Waals surface area contributed by atoms with E-state index in [0.29, 0.717) is 6.42 Å². The van der Waals surface area contributed by atoms with E-state index in [9.17, 15) is 14.7 Å². The van der Waals surface area contributed by atoms with Gasteiger partial charge in [-0.1, -0.05) is 6.07 Å². The quantitative estimate of drug-likeness (QED) is 0.724. The molecule has 2 atom stereocenters. The average molecular weight is 452 g/mol. The normalized spacial score (nSPS) is 20.5. The van der Waals surface area contributed by atoms with Gasteiger partial charge in [0, 0.05) is 55.7 Å². The molecule has 1 aromatic heterocycles. The molecule has 1 N–H and O–H groups in total. The summed E-state index contributed by atoms with van der Waals surface area (Å²) in [5.74, 6) is 0.707. The van der Waals surface area contributed by atoms with Gasteiger partial charge in [-0.05, 0) is 69.7 Å². The highest BCUT2D eigenvalue weighted by molar-refractivity contribution is 5.94. The molecule has 3 heterocycles. The maximum atomic E-state index is 12.4. The van der Waals surface area contributed by atoms with Crippen LogP contribution in [0.5, 0.6) is 0 Å². The van der Waals surface area contributed by atoms with Crippen LogP contribution in [-0.2, 0) is 4.79 Å². The zero-order valence-corrected chi connectivity index (χ0v) is 19.9. The Morgan fingerprint density at radius 1 is 1.09 bits per heavy atom. The van der Waals surface area contributed by atoms with Gasteiger partial charge in [0.05, 0.1) is 6.04 Å². The molecular formula is C25H33N5O3. The lowest BCUT2D eigenvalue weighted by Gasteiger charge is -2.43. The highest BCUT2D eigenvalue weighted by Gasteiger charge is 2.38. The molecule has 8 nitrogen and oxygen atoms in total. The monoisotopic (exact) mass is 451 g/mol. The van der Waals surface area contributed by atoms with Crippen molar-refractivity contribution in [3.63, 3.8) is 0 Å². The van der Waals surface area contributed by atoms with Crippen molar-refractivity contribution in [1.82, 2.24) is 14.9 Å². The first kappa shape index (κ1) is 23.0. The van der Waals surface area contributed by atoms with Gasteiger partial charge < -0.3 is 14.9 Å². The van der Waals surface area contributed by atoms with E-state index in [2.05, 4.69) is 14.9 Å². The smallest absolute Gasteiger partial charge is 0.408 e. The van der Waals surface area contributed by atoms with Gasteiger partial charge in [-0.15, -0.1) is 0 Å². The zero-order valence-electron chi connectivity index (χ0n) is 19.9. The van der Waals surface area contributed by atoms with Crippen LogP contribution in [-0.4, -0.2) is 57.1 Å². The topological polar surface area (TPSA) is 89.9 Å². The number of hydrogen-bond acceptors (Lipinski definition) is 5. The summed E-state index contributed by atoms with van der Waals surface area (Å²) < 4.78 is 0. The van der Waals surface area contributed by atoms with Crippen LogP contribution in [0.25, 0.3) is 11.1 Å². The molecule has 0 saturated carbocycles. The van der Waals surface area contributed by atoms with Gasteiger partial charge in [0.1, 0.15) is 0 Å². The average Bonchev–Trinajstić information content (AvgIpc) is 2.79. The second-order valence-corrected chi connectivity index (χ2v) is 9.37. The molecule has 176 valence electrons. The van der Waals surface area contributed by atoms with Gasteiger partial charge in [-0.3, -0.25) is 9.69 Å². The van der Waals surface area contributed by atoms with Crippen LogP contribution in [0.15, 0.2) is 30.6 Å². The standard InChI is InChI=1S/C25H33N5O3/c1-16(2)29(25(32)33)23-12-17(3)30(18(4)31)22-9-8-19(13-21(22)23)20-14-26-24(27-15-20)28-10-6-5-7-11-28/h8-9,13-17,23H,5-7,10-12H2,1-4H3,(H,32,33). The molecule has 2 unspecified atom stereocenters. The highest BCUT2D eigenvalue weighted by atomic mass is 16.4. The SMILES string of the molecule is CC(=O)N1c2ccc(-c3cnc(N4CCCCC4)nc3)cc2C(N(C(=O)O)C(C)C)CC1C. The Balaban J connectivity index is 1.73. The second kappa shape index (κ2) is 9.37. The minimum Gasteiger partial charge on any atom is -0.465 e. The van der Waals surface area contributed by atoms with Crippen LogP contribution in [0.1, 0.15) is 65.0 Å². The zero-order chi connectivity index (χ0) is 23.7. The van der Waals surface area contributed by atoms with E-state index in [4.69, 9.17) is 0 Å². The van der Waals surface area contributed by atoms with Gasteiger partial charge in [-0.25, -0.2) is 14.8 Å². The molecule has 1 aromatic carbocycles. The molecule has 2 aliphatic rings. The lowest BCUT2D eigenvalue weighted by molar-refractivity contribution is -0.117. The van der Waals surface area contributed by atoms with Crippen molar-refractivity contribution in [1.29, 1.82) is 0 Å². The molecule has 8 heteroatoms.